The second-order valence-electron chi connectivity index (χ2n) is 4.50. The van der Waals surface area contributed by atoms with Crippen molar-refractivity contribution in [1.29, 1.82) is 0 Å². The fourth-order valence-corrected chi connectivity index (χ4v) is 2.01. The molecule has 1 heterocycles. The van der Waals surface area contributed by atoms with Crippen molar-refractivity contribution in [2.24, 2.45) is 5.92 Å². The number of nitrogens with zero attached hydrogens (tertiary/aromatic N) is 1. The first kappa shape index (κ1) is 13.5. The predicted molar refractivity (Wildman–Crippen MR) is 64.3 cm³/mol. The molecule has 0 bridgehead atoms. The highest BCUT2D eigenvalue weighted by Crippen LogP contribution is 2.18. The summed E-state index contributed by atoms with van der Waals surface area (Å²) in [7, 11) is 2.14. The molecule has 4 heteroatoms. The first-order chi connectivity index (χ1) is 7.72. The van der Waals surface area contributed by atoms with Crippen LogP contribution in [0.2, 0.25) is 0 Å². The molecule has 4 nitrogen and oxygen atoms in total. The largest absolute Gasteiger partial charge is 0.380 e. The topological polar surface area (TPSA) is 41.6 Å². The number of piperidine rings is 1. The van der Waals surface area contributed by atoms with Crippen molar-refractivity contribution in [1.82, 2.24) is 10.2 Å². The summed E-state index contributed by atoms with van der Waals surface area (Å²) in [6.07, 6.45) is 2.98. The summed E-state index contributed by atoms with van der Waals surface area (Å²) < 4.78 is 5.17. The van der Waals surface area contributed by atoms with Crippen LogP contribution in [0, 0.1) is 5.92 Å². The van der Waals surface area contributed by atoms with Gasteiger partial charge in [0.1, 0.15) is 0 Å². The van der Waals surface area contributed by atoms with Crippen LogP contribution in [-0.4, -0.2) is 50.7 Å². The van der Waals surface area contributed by atoms with Gasteiger partial charge in [-0.05, 0) is 45.8 Å². The van der Waals surface area contributed by atoms with Gasteiger partial charge >= 0.3 is 0 Å². The van der Waals surface area contributed by atoms with E-state index in [9.17, 15) is 4.79 Å². The minimum Gasteiger partial charge on any atom is -0.380 e. The third-order valence-electron chi connectivity index (χ3n) is 3.08. The second-order valence-corrected chi connectivity index (χ2v) is 4.50. The Hall–Kier alpha value is -0.610. The van der Waals surface area contributed by atoms with Gasteiger partial charge in [-0.1, -0.05) is 0 Å². The van der Waals surface area contributed by atoms with Crippen LogP contribution < -0.4 is 5.32 Å². The van der Waals surface area contributed by atoms with E-state index in [4.69, 9.17) is 4.74 Å². The fourth-order valence-electron chi connectivity index (χ4n) is 2.01. The number of rotatable bonds is 6. The molecule has 0 aromatic carbocycles. The fraction of sp³-hybridized carbons (Fsp3) is 0.917. The molecule has 0 radical (unpaired) electrons. The number of carbonyl (C=O) groups is 1. The molecule has 0 saturated carbocycles. The molecule has 1 aliphatic rings. The van der Waals surface area contributed by atoms with Gasteiger partial charge in [-0.3, -0.25) is 4.79 Å². The van der Waals surface area contributed by atoms with Gasteiger partial charge in [-0.15, -0.1) is 0 Å². The zero-order chi connectivity index (χ0) is 11.8. The van der Waals surface area contributed by atoms with Gasteiger partial charge in [0, 0.05) is 19.6 Å². The standard InChI is InChI=1S/C12H24N2O2/c1-3-16-9-6-13-12(15)10-11-4-7-14(2)8-5-11/h11H,3-10H2,1-2H3,(H,13,15). The minimum atomic E-state index is 0.175. The molecule has 0 atom stereocenters. The van der Waals surface area contributed by atoms with E-state index in [-0.39, 0.29) is 5.91 Å². The Balaban J connectivity index is 2.05. The zero-order valence-corrected chi connectivity index (χ0v) is 10.5. The Morgan fingerprint density at radius 3 is 2.75 bits per heavy atom. The molecular formula is C12H24N2O2. The van der Waals surface area contributed by atoms with Crippen LogP contribution >= 0.6 is 0 Å². The monoisotopic (exact) mass is 228 g/mol. The molecule has 0 aromatic rings. The van der Waals surface area contributed by atoms with Crippen molar-refractivity contribution in [2.75, 3.05) is 39.9 Å². The highest BCUT2D eigenvalue weighted by Gasteiger charge is 2.18. The van der Waals surface area contributed by atoms with Crippen molar-refractivity contribution >= 4 is 5.91 Å². The van der Waals surface area contributed by atoms with Gasteiger partial charge in [0.2, 0.25) is 5.91 Å². The van der Waals surface area contributed by atoms with Gasteiger partial charge in [-0.25, -0.2) is 0 Å². The summed E-state index contributed by atoms with van der Waals surface area (Å²) in [4.78, 5) is 13.9. The molecule has 1 amide bonds. The molecule has 94 valence electrons. The molecule has 1 aliphatic heterocycles. The smallest absolute Gasteiger partial charge is 0.220 e. The van der Waals surface area contributed by atoms with Crippen LogP contribution in [0.4, 0.5) is 0 Å². The normalized spacial score (nSPS) is 18.6. The first-order valence-corrected chi connectivity index (χ1v) is 6.25. The molecule has 1 rings (SSSR count). The molecule has 1 fully saturated rings. The SMILES string of the molecule is CCOCCNC(=O)CC1CCN(C)CC1. The number of hydrogen-bond donors (Lipinski definition) is 1. The van der Waals surface area contributed by atoms with Crippen molar-refractivity contribution in [3.63, 3.8) is 0 Å². The lowest BCUT2D eigenvalue weighted by atomic mass is 9.93. The van der Waals surface area contributed by atoms with E-state index in [2.05, 4.69) is 17.3 Å². The van der Waals surface area contributed by atoms with Crippen LogP contribution in [0.3, 0.4) is 0 Å². The second kappa shape index (κ2) is 7.63. The molecule has 16 heavy (non-hydrogen) atoms. The van der Waals surface area contributed by atoms with E-state index >= 15 is 0 Å². The van der Waals surface area contributed by atoms with Crippen LogP contribution in [0.15, 0.2) is 0 Å². The van der Waals surface area contributed by atoms with E-state index in [1.807, 2.05) is 6.92 Å². The Bertz CT molecular complexity index is 201. The van der Waals surface area contributed by atoms with Crippen molar-refractivity contribution in [3.8, 4) is 0 Å². The number of hydrogen-bond acceptors (Lipinski definition) is 3. The summed E-state index contributed by atoms with van der Waals surface area (Å²) in [5.74, 6) is 0.748. The van der Waals surface area contributed by atoms with Crippen LogP contribution in [0.1, 0.15) is 26.2 Å². The Morgan fingerprint density at radius 1 is 1.44 bits per heavy atom. The Kier molecular flexibility index (Phi) is 6.42. The first-order valence-electron chi connectivity index (χ1n) is 6.25. The lowest BCUT2D eigenvalue weighted by Crippen LogP contribution is -2.34. The third kappa shape index (κ3) is 5.47. The van der Waals surface area contributed by atoms with E-state index in [0.29, 0.717) is 32.1 Å². The quantitative estimate of drug-likeness (QED) is 0.686. The van der Waals surface area contributed by atoms with Gasteiger partial charge in [0.15, 0.2) is 0 Å². The lowest BCUT2D eigenvalue weighted by Gasteiger charge is -2.28. The van der Waals surface area contributed by atoms with Crippen LogP contribution in [-0.2, 0) is 9.53 Å². The molecular weight excluding hydrogens is 204 g/mol. The van der Waals surface area contributed by atoms with Crippen molar-refractivity contribution < 1.29 is 9.53 Å². The number of nitrogens with one attached hydrogen (secondary N) is 1. The molecule has 0 aromatic heterocycles. The maximum Gasteiger partial charge on any atom is 0.220 e. The molecule has 1 N–H and O–H groups in total. The average Bonchev–Trinajstić information content (AvgIpc) is 2.28. The van der Waals surface area contributed by atoms with Crippen molar-refractivity contribution in [2.45, 2.75) is 26.2 Å². The van der Waals surface area contributed by atoms with E-state index in [0.717, 1.165) is 25.9 Å². The molecule has 0 unspecified atom stereocenters. The molecule has 0 aliphatic carbocycles. The molecule has 1 saturated heterocycles. The summed E-state index contributed by atoms with van der Waals surface area (Å²) in [5.41, 5.74) is 0. The summed E-state index contributed by atoms with van der Waals surface area (Å²) in [6.45, 7) is 6.17. The van der Waals surface area contributed by atoms with Gasteiger partial charge < -0.3 is 15.0 Å². The summed E-state index contributed by atoms with van der Waals surface area (Å²) >= 11 is 0. The third-order valence-corrected chi connectivity index (χ3v) is 3.08. The maximum atomic E-state index is 11.6. The van der Waals surface area contributed by atoms with E-state index in [1.165, 1.54) is 0 Å². The van der Waals surface area contributed by atoms with Crippen LogP contribution in [0.25, 0.3) is 0 Å². The molecule has 0 spiro atoms. The summed E-state index contributed by atoms with van der Waals surface area (Å²) in [6, 6.07) is 0. The maximum absolute atomic E-state index is 11.6. The van der Waals surface area contributed by atoms with Gasteiger partial charge in [0.25, 0.3) is 0 Å². The number of likely N-dealkylation sites (tertiary alicyclic amines) is 1. The van der Waals surface area contributed by atoms with Gasteiger partial charge in [-0.2, -0.15) is 0 Å². The lowest BCUT2D eigenvalue weighted by molar-refractivity contribution is -0.122. The highest BCUT2D eigenvalue weighted by atomic mass is 16.5. The number of carbonyl (C=O) groups excluding carboxylic acids is 1. The van der Waals surface area contributed by atoms with E-state index < -0.39 is 0 Å². The predicted octanol–water partition coefficient (Wildman–Crippen LogP) is 0.871. The Labute approximate surface area is 98.3 Å². The summed E-state index contributed by atoms with van der Waals surface area (Å²) in [5, 5.41) is 2.90. The Morgan fingerprint density at radius 2 is 2.12 bits per heavy atom. The number of ether oxygens (including phenoxy) is 1. The van der Waals surface area contributed by atoms with E-state index in [1.54, 1.807) is 0 Å². The van der Waals surface area contributed by atoms with Gasteiger partial charge in [0.05, 0.1) is 6.61 Å². The van der Waals surface area contributed by atoms with Crippen molar-refractivity contribution in [3.05, 3.63) is 0 Å². The van der Waals surface area contributed by atoms with Crippen LogP contribution in [0.5, 0.6) is 0 Å². The highest BCUT2D eigenvalue weighted by molar-refractivity contribution is 5.76. The average molecular weight is 228 g/mol. The minimum absolute atomic E-state index is 0.175. The number of amides is 1. The zero-order valence-electron chi connectivity index (χ0n) is 10.5.